The fourth-order valence-electron chi connectivity index (χ4n) is 1.71. The van der Waals surface area contributed by atoms with Gasteiger partial charge in [-0.05, 0) is 17.7 Å². The monoisotopic (exact) mass is 282 g/mol. The van der Waals surface area contributed by atoms with Gasteiger partial charge in [0.05, 0.1) is 11.3 Å². The molecule has 0 aliphatic carbocycles. The SMILES string of the molecule is O=C(/C=C(\C(=O)O)c1ccccc1)NNc1ccccc1. The number of carboxylic acids is 1. The van der Waals surface area contributed by atoms with Crippen molar-refractivity contribution < 1.29 is 14.7 Å². The van der Waals surface area contributed by atoms with Gasteiger partial charge in [-0.1, -0.05) is 48.5 Å². The highest BCUT2D eigenvalue weighted by atomic mass is 16.4. The summed E-state index contributed by atoms with van der Waals surface area (Å²) in [6, 6.07) is 17.5. The van der Waals surface area contributed by atoms with Crippen LogP contribution in [0.5, 0.6) is 0 Å². The standard InChI is InChI=1S/C16H14N2O3/c19-15(18-17-13-9-5-2-6-10-13)11-14(16(20)21)12-7-3-1-4-8-12/h1-11,17H,(H,18,19)(H,20,21)/b14-11-. The Morgan fingerprint density at radius 2 is 1.48 bits per heavy atom. The topological polar surface area (TPSA) is 78.4 Å². The van der Waals surface area contributed by atoms with E-state index >= 15 is 0 Å². The molecule has 0 radical (unpaired) electrons. The fourth-order valence-corrected chi connectivity index (χ4v) is 1.71. The third-order valence-corrected chi connectivity index (χ3v) is 2.69. The third-order valence-electron chi connectivity index (χ3n) is 2.69. The predicted molar refractivity (Wildman–Crippen MR) is 80.3 cm³/mol. The zero-order valence-electron chi connectivity index (χ0n) is 11.1. The number of carbonyl (C=O) groups excluding carboxylic acids is 1. The molecule has 106 valence electrons. The molecule has 0 heterocycles. The molecule has 0 unspecified atom stereocenters. The van der Waals surface area contributed by atoms with Crippen molar-refractivity contribution in [1.82, 2.24) is 5.43 Å². The van der Waals surface area contributed by atoms with Crippen molar-refractivity contribution in [2.24, 2.45) is 0 Å². The summed E-state index contributed by atoms with van der Waals surface area (Å²) in [6.45, 7) is 0. The second-order valence-corrected chi connectivity index (χ2v) is 4.21. The van der Waals surface area contributed by atoms with E-state index in [4.69, 9.17) is 0 Å². The van der Waals surface area contributed by atoms with Gasteiger partial charge >= 0.3 is 5.97 Å². The van der Waals surface area contributed by atoms with E-state index in [0.717, 1.165) is 6.08 Å². The number of anilines is 1. The molecule has 2 aromatic rings. The average molecular weight is 282 g/mol. The maximum atomic E-state index is 11.8. The van der Waals surface area contributed by atoms with Crippen molar-refractivity contribution in [2.75, 3.05) is 5.43 Å². The zero-order valence-corrected chi connectivity index (χ0v) is 11.1. The van der Waals surface area contributed by atoms with Crippen LogP contribution >= 0.6 is 0 Å². The number of hydrogen-bond acceptors (Lipinski definition) is 3. The number of carboxylic acid groups (broad SMARTS) is 1. The van der Waals surface area contributed by atoms with Crippen LogP contribution in [0.1, 0.15) is 5.56 Å². The lowest BCUT2D eigenvalue weighted by molar-refractivity contribution is -0.130. The lowest BCUT2D eigenvalue weighted by Crippen LogP contribution is -2.28. The molecule has 0 saturated heterocycles. The summed E-state index contributed by atoms with van der Waals surface area (Å²) < 4.78 is 0. The van der Waals surface area contributed by atoms with Gasteiger partial charge < -0.3 is 5.11 Å². The molecular weight excluding hydrogens is 268 g/mol. The molecule has 5 heteroatoms. The molecule has 1 amide bonds. The highest BCUT2D eigenvalue weighted by Crippen LogP contribution is 2.13. The first kappa shape index (κ1) is 14.3. The van der Waals surface area contributed by atoms with Crippen molar-refractivity contribution in [1.29, 1.82) is 0 Å². The molecule has 0 saturated carbocycles. The minimum absolute atomic E-state index is 0.0667. The Balaban J connectivity index is 2.08. The largest absolute Gasteiger partial charge is 0.478 e. The summed E-state index contributed by atoms with van der Waals surface area (Å²) >= 11 is 0. The number of para-hydroxylation sites is 1. The highest BCUT2D eigenvalue weighted by molar-refractivity contribution is 6.20. The minimum atomic E-state index is -1.16. The molecule has 0 bridgehead atoms. The number of amides is 1. The normalized spacial score (nSPS) is 10.8. The Hall–Kier alpha value is -3.08. The molecule has 0 aromatic heterocycles. The van der Waals surface area contributed by atoms with Crippen molar-refractivity contribution in [3.05, 3.63) is 72.3 Å². The lowest BCUT2D eigenvalue weighted by atomic mass is 10.1. The first-order valence-corrected chi connectivity index (χ1v) is 6.28. The summed E-state index contributed by atoms with van der Waals surface area (Å²) in [4.78, 5) is 23.0. The fraction of sp³-hybridized carbons (Fsp3) is 0. The molecule has 0 fully saturated rings. The second kappa shape index (κ2) is 6.91. The van der Waals surface area contributed by atoms with E-state index in [2.05, 4.69) is 10.9 Å². The molecule has 0 spiro atoms. The molecule has 5 nitrogen and oxygen atoms in total. The van der Waals surface area contributed by atoms with Crippen LogP contribution < -0.4 is 10.9 Å². The Morgan fingerprint density at radius 1 is 0.905 bits per heavy atom. The molecule has 0 aliphatic heterocycles. The quantitative estimate of drug-likeness (QED) is 0.581. The number of hydrogen-bond donors (Lipinski definition) is 3. The molecule has 21 heavy (non-hydrogen) atoms. The molecule has 3 N–H and O–H groups in total. The third kappa shape index (κ3) is 4.21. The number of aliphatic carboxylic acids is 1. The van der Waals surface area contributed by atoms with Gasteiger partial charge in [0, 0.05) is 6.08 Å². The highest BCUT2D eigenvalue weighted by Gasteiger charge is 2.12. The zero-order chi connectivity index (χ0) is 15.1. The van der Waals surface area contributed by atoms with E-state index in [9.17, 15) is 14.7 Å². The average Bonchev–Trinajstić information content (AvgIpc) is 2.52. The van der Waals surface area contributed by atoms with Crippen LogP contribution in [0.15, 0.2) is 66.7 Å². The summed E-state index contributed by atoms with van der Waals surface area (Å²) in [6.07, 6.45) is 1.05. The Labute approximate surface area is 121 Å². The van der Waals surface area contributed by atoms with Crippen LogP contribution in [0.3, 0.4) is 0 Å². The van der Waals surface area contributed by atoms with Crippen LogP contribution in [0, 0.1) is 0 Å². The number of carbonyl (C=O) groups is 2. The van der Waals surface area contributed by atoms with Crippen LogP contribution in [0.4, 0.5) is 5.69 Å². The smallest absolute Gasteiger partial charge is 0.336 e. The van der Waals surface area contributed by atoms with Gasteiger partial charge in [0.1, 0.15) is 0 Å². The van der Waals surface area contributed by atoms with E-state index in [1.54, 1.807) is 42.5 Å². The summed E-state index contributed by atoms with van der Waals surface area (Å²) in [5.74, 6) is -1.70. The maximum Gasteiger partial charge on any atom is 0.336 e. The van der Waals surface area contributed by atoms with Gasteiger partial charge in [0.15, 0.2) is 0 Å². The van der Waals surface area contributed by atoms with Crippen LogP contribution in [-0.2, 0) is 9.59 Å². The molecule has 0 aliphatic rings. The van der Waals surface area contributed by atoms with Gasteiger partial charge in [0.25, 0.3) is 5.91 Å². The van der Waals surface area contributed by atoms with E-state index in [1.807, 2.05) is 18.2 Å². The Morgan fingerprint density at radius 3 is 2.05 bits per heavy atom. The van der Waals surface area contributed by atoms with Crippen molar-refractivity contribution >= 4 is 23.1 Å². The number of benzene rings is 2. The van der Waals surface area contributed by atoms with E-state index in [-0.39, 0.29) is 5.57 Å². The van der Waals surface area contributed by atoms with Crippen LogP contribution in [0.25, 0.3) is 5.57 Å². The number of rotatable bonds is 5. The molecular formula is C16H14N2O3. The van der Waals surface area contributed by atoms with E-state index in [1.165, 1.54) is 0 Å². The van der Waals surface area contributed by atoms with Gasteiger partial charge in [-0.3, -0.25) is 15.6 Å². The first-order valence-electron chi connectivity index (χ1n) is 6.28. The van der Waals surface area contributed by atoms with Gasteiger partial charge in [-0.2, -0.15) is 0 Å². The number of nitrogens with one attached hydrogen (secondary N) is 2. The van der Waals surface area contributed by atoms with Crippen molar-refractivity contribution in [3.8, 4) is 0 Å². The van der Waals surface area contributed by atoms with Gasteiger partial charge in [-0.25, -0.2) is 4.79 Å². The van der Waals surface area contributed by atoms with Gasteiger partial charge in [-0.15, -0.1) is 0 Å². The molecule has 0 atom stereocenters. The summed E-state index contributed by atoms with van der Waals surface area (Å²) in [7, 11) is 0. The van der Waals surface area contributed by atoms with E-state index < -0.39 is 11.9 Å². The minimum Gasteiger partial charge on any atom is -0.478 e. The molecule has 2 aromatic carbocycles. The van der Waals surface area contributed by atoms with Crippen molar-refractivity contribution in [3.63, 3.8) is 0 Å². The maximum absolute atomic E-state index is 11.8. The summed E-state index contributed by atoms with van der Waals surface area (Å²) in [5.41, 5.74) is 6.24. The second-order valence-electron chi connectivity index (χ2n) is 4.21. The predicted octanol–water partition coefficient (Wildman–Crippen LogP) is 2.30. The van der Waals surface area contributed by atoms with Crippen molar-refractivity contribution in [2.45, 2.75) is 0 Å². The Kier molecular flexibility index (Phi) is 4.71. The van der Waals surface area contributed by atoms with E-state index in [0.29, 0.717) is 11.3 Å². The van der Waals surface area contributed by atoms with Crippen LogP contribution in [0.2, 0.25) is 0 Å². The summed E-state index contributed by atoms with van der Waals surface area (Å²) in [5, 5.41) is 9.19. The Bertz CT molecular complexity index is 652. The van der Waals surface area contributed by atoms with Crippen LogP contribution in [-0.4, -0.2) is 17.0 Å². The van der Waals surface area contributed by atoms with Gasteiger partial charge in [0.2, 0.25) is 0 Å². The first-order chi connectivity index (χ1) is 10.2. The lowest BCUT2D eigenvalue weighted by Gasteiger charge is -2.07. The molecule has 2 rings (SSSR count). The number of hydrazine groups is 1.